The second-order valence-corrected chi connectivity index (χ2v) is 11.4. The summed E-state index contributed by atoms with van der Waals surface area (Å²) in [4.78, 5) is 43.5. The molecule has 39 heavy (non-hydrogen) atoms. The Morgan fingerprint density at radius 2 is 1.46 bits per heavy atom. The van der Waals surface area contributed by atoms with Crippen LogP contribution < -0.4 is 4.90 Å². The van der Waals surface area contributed by atoms with Gasteiger partial charge in [0.2, 0.25) is 11.8 Å². The van der Waals surface area contributed by atoms with Crippen molar-refractivity contribution in [3.63, 3.8) is 0 Å². The van der Waals surface area contributed by atoms with E-state index in [1.807, 2.05) is 111 Å². The van der Waals surface area contributed by atoms with Crippen LogP contribution in [0, 0.1) is 5.41 Å². The van der Waals surface area contributed by atoms with Crippen LogP contribution in [0.1, 0.15) is 38.0 Å². The molecule has 2 unspecified atom stereocenters. The molecule has 7 heteroatoms. The Morgan fingerprint density at radius 1 is 0.923 bits per heavy atom. The second-order valence-electron chi connectivity index (χ2n) is 10.3. The first-order chi connectivity index (χ1) is 18.8. The second kappa shape index (κ2) is 11.1. The number of amides is 2. The van der Waals surface area contributed by atoms with Crippen LogP contribution in [0.4, 0.5) is 5.69 Å². The highest BCUT2D eigenvalue weighted by atomic mass is 32.2. The van der Waals surface area contributed by atoms with Crippen LogP contribution in [0.5, 0.6) is 0 Å². The summed E-state index contributed by atoms with van der Waals surface area (Å²) in [7, 11) is 0. The Kier molecular flexibility index (Phi) is 7.62. The predicted molar refractivity (Wildman–Crippen MR) is 154 cm³/mol. The molecule has 6 nitrogen and oxygen atoms in total. The molecule has 2 amide bonds. The Bertz CT molecular complexity index is 1340. The third-order valence-electron chi connectivity index (χ3n) is 7.13. The van der Waals surface area contributed by atoms with Crippen molar-refractivity contribution in [2.24, 2.45) is 5.41 Å². The number of ether oxygens (including phenoxy) is 1. The quantitative estimate of drug-likeness (QED) is 0.221. The summed E-state index contributed by atoms with van der Waals surface area (Å²) in [6.07, 6.45) is 1.36. The molecule has 0 radical (unpaired) electrons. The van der Waals surface area contributed by atoms with E-state index in [9.17, 15) is 14.4 Å². The molecule has 200 valence electrons. The summed E-state index contributed by atoms with van der Waals surface area (Å²) in [5.41, 5.74) is 2.42. The topological polar surface area (TPSA) is 66.9 Å². The molecule has 3 aromatic rings. The smallest absolute Gasteiger partial charge is 0.319 e. The maximum Gasteiger partial charge on any atom is 0.319 e. The Morgan fingerprint density at radius 3 is 1.97 bits per heavy atom. The number of hydrogen-bond donors (Lipinski definition) is 0. The number of β-lactam (4-membered cyclic amide) rings is 1. The molecule has 0 aliphatic carbocycles. The van der Waals surface area contributed by atoms with Crippen LogP contribution in [-0.4, -0.2) is 46.4 Å². The third-order valence-corrected chi connectivity index (χ3v) is 8.67. The molecule has 2 saturated heterocycles. The van der Waals surface area contributed by atoms with Gasteiger partial charge in [-0.15, -0.1) is 11.8 Å². The average Bonchev–Trinajstić information content (AvgIpc) is 2.95. The fourth-order valence-corrected chi connectivity index (χ4v) is 6.97. The molecular formula is C32H32N2O4S. The lowest BCUT2D eigenvalue weighted by Crippen LogP contribution is -2.74. The Labute approximate surface area is 233 Å². The van der Waals surface area contributed by atoms with Gasteiger partial charge < -0.3 is 9.64 Å². The van der Waals surface area contributed by atoms with Gasteiger partial charge in [-0.25, -0.2) is 0 Å². The average molecular weight is 541 g/mol. The lowest BCUT2D eigenvalue weighted by atomic mass is 9.84. The lowest BCUT2D eigenvalue weighted by molar-refractivity contribution is -0.161. The van der Waals surface area contributed by atoms with Crippen LogP contribution in [0.15, 0.2) is 103 Å². The number of benzene rings is 3. The molecule has 3 aromatic carbocycles. The molecule has 2 heterocycles. The van der Waals surface area contributed by atoms with E-state index in [4.69, 9.17) is 4.74 Å². The third kappa shape index (κ3) is 5.23. The van der Waals surface area contributed by atoms with Crippen molar-refractivity contribution in [3.05, 3.63) is 114 Å². The molecule has 0 saturated carbocycles. The van der Waals surface area contributed by atoms with Gasteiger partial charge in [0.1, 0.15) is 16.8 Å². The molecule has 2 aliphatic heterocycles. The van der Waals surface area contributed by atoms with Crippen LogP contribution >= 0.6 is 11.8 Å². The van der Waals surface area contributed by atoms with E-state index in [-0.39, 0.29) is 29.7 Å². The summed E-state index contributed by atoms with van der Waals surface area (Å²) in [6, 6.07) is 28.0. The van der Waals surface area contributed by atoms with Crippen molar-refractivity contribution < 1.29 is 19.1 Å². The SMILES string of the molecule is CC(=O)N(c1ccccc1)C1C(=O)N2CC(C=C(C)C)(C(=O)OC(c3ccccc3)c3ccccc3)CS[C@H]12. The summed E-state index contributed by atoms with van der Waals surface area (Å²) >= 11 is 1.53. The minimum atomic E-state index is -1.00. The number of carbonyl (C=O) groups excluding carboxylic acids is 3. The van der Waals surface area contributed by atoms with E-state index in [1.165, 1.54) is 18.7 Å². The monoisotopic (exact) mass is 540 g/mol. The highest BCUT2D eigenvalue weighted by molar-refractivity contribution is 8.00. The van der Waals surface area contributed by atoms with Gasteiger partial charge in [-0.05, 0) is 37.1 Å². The normalized spacial score (nSPS) is 21.9. The minimum Gasteiger partial charge on any atom is -0.452 e. The summed E-state index contributed by atoms with van der Waals surface area (Å²) in [5, 5.41) is -0.230. The standard InChI is InChI=1S/C32H32N2O4S/c1-22(2)19-32(31(37)38-28(24-13-7-4-8-14-24)25-15-9-5-10-16-25)20-33-29(36)27(30(33)39-21-32)34(23(3)35)26-17-11-6-12-18-26/h4-19,27-28,30H,20-21H2,1-3H3/t27?,30-,32?/m1/s1. The van der Waals surface area contributed by atoms with E-state index in [0.717, 1.165) is 16.7 Å². The van der Waals surface area contributed by atoms with E-state index in [0.29, 0.717) is 11.4 Å². The molecule has 0 spiro atoms. The molecule has 3 atom stereocenters. The van der Waals surface area contributed by atoms with Crippen LogP contribution in [0.25, 0.3) is 0 Å². The molecule has 2 aliphatic rings. The number of esters is 1. The van der Waals surface area contributed by atoms with E-state index in [1.54, 1.807) is 9.80 Å². The number of para-hydroxylation sites is 1. The number of rotatable bonds is 7. The number of allylic oxidation sites excluding steroid dienone is 1. The number of thioether (sulfide) groups is 1. The van der Waals surface area contributed by atoms with Gasteiger partial charge in [0.25, 0.3) is 0 Å². The fraction of sp³-hybridized carbons (Fsp3) is 0.281. The zero-order chi connectivity index (χ0) is 27.6. The van der Waals surface area contributed by atoms with E-state index >= 15 is 0 Å². The van der Waals surface area contributed by atoms with Crippen molar-refractivity contribution in [1.82, 2.24) is 4.90 Å². The Balaban J connectivity index is 1.42. The van der Waals surface area contributed by atoms with Crippen LogP contribution in [-0.2, 0) is 19.1 Å². The number of hydrogen-bond acceptors (Lipinski definition) is 5. The number of nitrogens with zero attached hydrogens (tertiary/aromatic N) is 2. The first-order valence-corrected chi connectivity index (χ1v) is 14.1. The van der Waals surface area contributed by atoms with Gasteiger partial charge in [-0.1, -0.05) is 90.5 Å². The van der Waals surface area contributed by atoms with E-state index < -0.39 is 17.6 Å². The van der Waals surface area contributed by atoms with Crippen molar-refractivity contribution in [2.45, 2.75) is 38.3 Å². The van der Waals surface area contributed by atoms with Crippen LogP contribution in [0.2, 0.25) is 0 Å². The molecule has 5 rings (SSSR count). The molecule has 0 bridgehead atoms. The van der Waals surface area contributed by atoms with Crippen molar-refractivity contribution in [3.8, 4) is 0 Å². The highest BCUT2D eigenvalue weighted by Crippen LogP contribution is 2.47. The molecule has 0 aromatic heterocycles. The van der Waals surface area contributed by atoms with Crippen molar-refractivity contribution in [1.29, 1.82) is 0 Å². The first kappa shape index (κ1) is 26.8. The molecular weight excluding hydrogens is 508 g/mol. The number of anilines is 1. The maximum absolute atomic E-state index is 14.1. The molecule has 2 fully saturated rings. The number of carbonyl (C=O) groups is 3. The van der Waals surface area contributed by atoms with E-state index in [2.05, 4.69) is 0 Å². The lowest BCUT2D eigenvalue weighted by Gasteiger charge is -2.56. The van der Waals surface area contributed by atoms with Gasteiger partial charge >= 0.3 is 5.97 Å². The largest absolute Gasteiger partial charge is 0.452 e. The predicted octanol–water partition coefficient (Wildman–Crippen LogP) is 5.61. The summed E-state index contributed by atoms with van der Waals surface area (Å²) in [5.74, 6) is -0.268. The van der Waals surface area contributed by atoms with Crippen LogP contribution in [0.3, 0.4) is 0 Å². The van der Waals surface area contributed by atoms with Crippen molar-refractivity contribution in [2.75, 3.05) is 17.2 Å². The zero-order valence-corrected chi connectivity index (χ0v) is 23.1. The van der Waals surface area contributed by atoms with Gasteiger partial charge in [0, 0.05) is 24.9 Å². The van der Waals surface area contributed by atoms with Gasteiger partial charge in [-0.2, -0.15) is 0 Å². The molecule has 0 N–H and O–H groups in total. The summed E-state index contributed by atoms with van der Waals surface area (Å²) in [6.45, 7) is 5.59. The maximum atomic E-state index is 14.1. The first-order valence-electron chi connectivity index (χ1n) is 13.0. The minimum absolute atomic E-state index is 0.159. The fourth-order valence-electron chi connectivity index (χ4n) is 5.43. The highest BCUT2D eigenvalue weighted by Gasteiger charge is 2.59. The van der Waals surface area contributed by atoms with Gasteiger partial charge in [-0.3, -0.25) is 19.3 Å². The number of fused-ring (bicyclic) bond motifs is 1. The Hall–Kier alpha value is -3.84. The van der Waals surface area contributed by atoms with Crippen molar-refractivity contribution >= 4 is 35.2 Å². The zero-order valence-electron chi connectivity index (χ0n) is 22.3. The summed E-state index contributed by atoms with van der Waals surface area (Å²) < 4.78 is 6.29. The van der Waals surface area contributed by atoms with Gasteiger partial charge in [0.15, 0.2) is 6.10 Å². The van der Waals surface area contributed by atoms with Gasteiger partial charge in [0.05, 0.1) is 0 Å².